The van der Waals surface area contributed by atoms with E-state index in [0.717, 1.165) is 24.2 Å². The first-order valence-electron chi connectivity index (χ1n) is 5.66. The van der Waals surface area contributed by atoms with Crippen molar-refractivity contribution >= 4 is 34.8 Å². The molecule has 0 amide bonds. The summed E-state index contributed by atoms with van der Waals surface area (Å²) in [6.45, 7) is 0. The van der Waals surface area contributed by atoms with E-state index in [1.807, 2.05) is 6.07 Å². The Morgan fingerprint density at radius 3 is 2.39 bits per heavy atom. The number of rotatable bonds is 3. The van der Waals surface area contributed by atoms with E-state index in [2.05, 4.69) is 14.8 Å². The van der Waals surface area contributed by atoms with Gasteiger partial charge in [0, 0.05) is 6.04 Å². The fraction of sp³-hybridized carbons (Fsp3) is 0.333. The number of hydrogen-bond donors (Lipinski definition) is 0. The Morgan fingerprint density at radius 1 is 1.17 bits per heavy atom. The van der Waals surface area contributed by atoms with E-state index in [0.29, 0.717) is 27.8 Å². The van der Waals surface area contributed by atoms with Crippen molar-refractivity contribution in [3.8, 4) is 11.4 Å². The lowest BCUT2D eigenvalue weighted by atomic mass is 10.2. The summed E-state index contributed by atoms with van der Waals surface area (Å²) in [5.41, 5.74) is 0.733. The highest BCUT2D eigenvalue weighted by Gasteiger charge is 2.30. The summed E-state index contributed by atoms with van der Waals surface area (Å²) in [4.78, 5) is 0. The zero-order chi connectivity index (χ0) is 12.7. The third-order valence-corrected chi connectivity index (χ3v) is 3.85. The predicted octanol–water partition coefficient (Wildman–Crippen LogP) is 4.33. The van der Waals surface area contributed by atoms with Gasteiger partial charge in [-0.05, 0) is 25.0 Å². The van der Waals surface area contributed by atoms with E-state index in [-0.39, 0.29) is 0 Å². The van der Waals surface area contributed by atoms with Gasteiger partial charge in [-0.3, -0.25) is 0 Å². The number of aromatic nitrogens is 3. The summed E-state index contributed by atoms with van der Waals surface area (Å²) in [5, 5.41) is 9.48. The molecule has 94 valence electrons. The molecule has 1 saturated carbocycles. The van der Waals surface area contributed by atoms with E-state index >= 15 is 0 Å². The van der Waals surface area contributed by atoms with Crippen LogP contribution in [0.15, 0.2) is 18.2 Å². The molecule has 3 rings (SSSR count). The summed E-state index contributed by atoms with van der Waals surface area (Å²) in [5.74, 6) is 1.82. The van der Waals surface area contributed by atoms with Crippen molar-refractivity contribution in [2.75, 3.05) is 0 Å². The second-order valence-corrected chi connectivity index (χ2v) is 5.35. The lowest BCUT2D eigenvalue weighted by Gasteiger charge is -2.10. The van der Waals surface area contributed by atoms with E-state index in [1.165, 1.54) is 0 Å². The Labute approximate surface area is 120 Å². The van der Waals surface area contributed by atoms with Gasteiger partial charge in [0.25, 0.3) is 0 Å². The van der Waals surface area contributed by atoms with Gasteiger partial charge >= 0.3 is 0 Å². The first-order chi connectivity index (χ1) is 8.72. The maximum atomic E-state index is 6.22. The SMILES string of the molecule is ClCc1nnc(-c2c(Cl)cccc2Cl)n1C1CC1. The maximum Gasteiger partial charge on any atom is 0.167 e. The fourth-order valence-corrected chi connectivity index (χ4v) is 2.76. The molecule has 0 atom stereocenters. The van der Waals surface area contributed by atoms with Crippen LogP contribution in [0.4, 0.5) is 0 Å². The van der Waals surface area contributed by atoms with Crippen molar-refractivity contribution < 1.29 is 0 Å². The monoisotopic (exact) mass is 301 g/mol. The molecular weight excluding hydrogens is 293 g/mol. The van der Waals surface area contributed by atoms with Crippen LogP contribution in [0.1, 0.15) is 24.7 Å². The molecule has 1 aromatic carbocycles. The summed E-state index contributed by atoms with van der Waals surface area (Å²) in [6.07, 6.45) is 2.24. The molecule has 0 N–H and O–H groups in total. The van der Waals surface area contributed by atoms with Gasteiger partial charge in [0.05, 0.1) is 21.5 Å². The first-order valence-corrected chi connectivity index (χ1v) is 6.95. The minimum absolute atomic E-state index is 0.339. The molecule has 1 aromatic heterocycles. The van der Waals surface area contributed by atoms with E-state index < -0.39 is 0 Å². The molecule has 18 heavy (non-hydrogen) atoms. The van der Waals surface area contributed by atoms with Gasteiger partial charge < -0.3 is 4.57 Å². The third kappa shape index (κ3) is 2.00. The maximum absolute atomic E-state index is 6.22. The van der Waals surface area contributed by atoms with Crippen LogP contribution in [-0.2, 0) is 5.88 Å². The second kappa shape index (κ2) is 4.72. The van der Waals surface area contributed by atoms with Crippen LogP contribution in [0, 0.1) is 0 Å². The highest BCUT2D eigenvalue weighted by Crippen LogP contribution is 2.42. The summed E-state index contributed by atoms with van der Waals surface area (Å²) in [7, 11) is 0. The topological polar surface area (TPSA) is 30.7 Å². The van der Waals surface area contributed by atoms with Crippen LogP contribution in [-0.4, -0.2) is 14.8 Å². The van der Waals surface area contributed by atoms with Gasteiger partial charge in [-0.2, -0.15) is 0 Å². The molecule has 6 heteroatoms. The number of nitrogens with zero attached hydrogens (tertiary/aromatic N) is 3. The number of halogens is 3. The Bertz CT molecular complexity index is 570. The Morgan fingerprint density at radius 2 is 1.83 bits per heavy atom. The fourth-order valence-electron chi connectivity index (χ4n) is 2.01. The molecule has 0 aliphatic heterocycles. The average molecular weight is 303 g/mol. The zero-order valence-corrected chi connectivity index (χ0v) is 11.7. The number of hydrogen-bond acceptors (Lipinski definition) is 2. The van der Waals surface area contributed by atoms with Crippen molar-refractivity contribution in [2.45, 2.75) is 24.8 Å². The van der Waals surface area contributed by atoms with Crippen molar-refractivity contribution in [3.05, 3.63) is 34.1 Å². The molecule has 1 aliphatic carbocycles. The van der Waals surface area contributed by atoms with Gasteiger partial charge in [0.2, 0.25) is 0 Å². The first kappa shape index (κ1) is 12.3. The van der Waals surface area contributed by atoms with Gasteiger partial charge in [-0.25, -0.2) is 0 Å². The largest absolute Gasteiger partial charge is 0.307 e. The normalized spacial score (nSPS) is 15.1. The van der Waals surface area contributed by atoms with Crippen LogP contribution >= 0.6 is 34.8 Å². The van der Waals surface area contributed by atoms with Gasteiger partial charge in [-0.15, -0.1) is 21.8 Å². The quantitative estimate of drug-likeness (QED) is 0.790. The molecule has 0 radical (unpaired) electrons. The predicted molar refractivity (Wildman–Crippen MR) is 73.3 cm³/mol. The van der Waals surface area contributed by atoms with Crippen LogP contribution in [0.3, 0.4) is 0 Å². The smallest absolute Gasteiger partial charge is 0.167 e. The van der Waals surface area contributed by atoms with E-state index in [9.17, 15) is 0 Å². The van der Waals surface area contributed by atoms with Crippen LogP contribution in [0.5, 0.6) is 0 Å². The lowest BCUT2D eigenvalue weighted by Crippen LogP contribution is -2.02. The number of alkyl halides is 1. The Hall–Kier alpha value is -0.770. The van der Waals surface area contributed by atoms with E-state index in [4.69, 9.17) is 34.8 Å². The molecule has 1 aliphatic rings. The minimum atomic E-state index is 0.339. The Balaban J connectivity index is 2.20. The summed E-state index contributed by atoms with van der Waals surface area (Å²) < 4.78 is 2.06. The van der Waals surface area contributed by atoms with E-state index in [1.54, 1.807) is 12.1 Å². The minimum Gasteiger partial charge on any atom is -0.307 e. The van der Waals surface area contributed by atoms with Crippen LogP contribution in [0.2, 0.25) is 10.0 Å². The van der Waals surface area contributed by atoms with Gasteiger partial charge in [0.1, 0.15) is 5.82 Å². The molecular formula is C12H10Cl3N3. The Kier molecular flexibility index (Phi) is 3.22. The molecule has 1 heterocycles. The molecule has 0 bridgehead atoms. The standard InChI is InChI=1S/C12H10Cl3N3/c13-6-10-16-17-12(18(10)7-4-5-7)11-8(14)2-1-3-9(11)15/h1-3,7H,4-6H2. The third-order valence-electron chi connectivity index (χ3n) is 2.98. The second-order valence-electron chi connectivity index (χ2n) is 4.27. The molecule has 0 spiro atoms. The number of benzene rings is 1. The molecule has 1 fully saturated rings. The van der Waals surface area contributed by atoms with Crippen molar-refractivity contribution in [1.29, 1.82) is 0 Å². The van der Waals surface area contributed by atoms with Crippen LogP contribution in [0.25, 0.3) is 11.4 Å². The van der Waals surface area contributed by atoms with Crippen LogP contribution < -0.4 is 0 Å². The molecule has 3 nitrogen and oxygen atoms in total. The van der Waals surface area contributed by atoms with Gasteiger partial charge in [-0.1, -0.05) is 29.3 Å². The zero-order valence-electron chi connectivity index (χ0n) is 9.41. The molecule has 0 unspecified atom stereocenters. The van der Waals surface area contributed by atoms with Crippen molar-refractivity contribution in [1.82, 2.24) is 14.8 Å². The summed E-state index contributed by atoms with van der Waals surface area (Å²) >= 11 is 18.3. The van der Waals surface area contributed by atoms with Crippen molar-refractivity contribution in [2.24, 2.45) is 0 Å². The highest BCUT2D eigenvalue weighted by atomic mass is 35.5. The molecule has 0 saturated heterocycles. The molecule has 2 aromatic rings. The van der Waals surface area contributed by atoms with Gasteiger partial charge in [0.15, 0.2) is 5.82 Å². The lowest BCUT2D eigenvalue weighted by molar-refractivity contribution is 0.712. The highest BCUT2D eigenvalue weighted by molar-refractivity contribution is 6.39. The van der Waals surface area contributed by atoms with Crippen molar-refractivity contribution in [3.63, 3.8) is 0 Å². The average Bonchev–Trinajstić information content (AvgIpc) is 3.10. The summed E-state index contributed by atoms with van der Waals surface area (Å²) in [6, 6.07) is 5.84.